The van der Waals surface area contributed by atoms with Gasteiger partial charge in [0.2, 0.25) is 5.78 Å². The lowest BCUT2D eigenvalue weighted by Crippen LogP contribution is -2.04. The molecule has 1 aliphatic carbocycles. The number of hydrogen-bond acceptors (Lipinski definition) is 5. The van der Waals surface area contributed by atoms with Crippen molar-refractivity contribution in [2.24, 2.45) is 0 Å². The third kappa shape index (κ3) is 4.32. The van der Waals surface area contributed by atoms with Crippen LogP contribution in [0.1, 0.15) is 31.9 Å². The molecule has 1 aliphatic rings. The number of methoxy groups -OCH3 is 2. The van der Waals surface area contributed by atoms with E-state index in [1.165, 1.54) is 11.3 Å². The van der Waals surface area contributed by atoms with Crippen molar-refractivity contribution in [3.05, 3.63) is 118 Å². The molecule has 0 saturated carbocycles. The van der Waals surface area contributed by atoms with Crippen LogP contribution in [0.4, 0.5) is 0 Å². The normalized spacial score (nSPS) is 14.4. The summed E-state index contributed by atoms with van der Waals surface area (Å²) in [7, 11) is 3.23. The zero-order valence-corrected chi connectivity index (χ0v) is 20.3. The van der Waals surface area contributed by atoms with E-state index in [1.54, 1.807) is 14.2 Å². The van der Waals surface area contributed by atoms with Crippen LogP contribution in [0.5, 0.6) is 11.5 Å². The Kier molecular flexibility index (Phi) is 6.36. The molecule has 4 nitrogen and oxygen atoms in total. The molecular weight excluding hydrogens is 456 g/mol. The Labute approximate surface area is 208 Å². The summed E-state index contributed by atoms with van der Waals surface area (Å²) in [5, 5.41) is 11.2. The minimum absolute atomic E-state index is 0.0196. The Hall–Kier alpha value is -3.93. The highest BCUT2D eigenvalue weighted by Crippen LogP contribution is 2.37. The molecule has 0 spiro atoms. The smallest absolute Gasteiger partial charge is 0.203 e. The Morgan fingerprint density at radius 2 is 1.69 bits per heavy atom. The standard InChI is InChI=1S/C30H24O4S/c1-33-22-11-7-19(8-12-22)24(25-16-13-23(34-2)17-21(25)18-31)14-9-20-10-15-27-26-5-3-4-6-28(26)35-30(27)29(20)32/h3-17,31H,18H2,1-2H3/b20-9+,24-14+. The van der Waals surface area contributed by atoms with E-state index in [9.17, 15) is 9.90 Å². The number of fused-ring (bicyclic) bond motifs is 3. The summed E-state index contributed by atoms with van der Waals surface area (Å²) in [5.41, 5.74) is 5.04. The maximum absolute atomic E-state index is 13.4. The third-order valence-electron chi connectivity index (χ3n) is 6.14. The van der Waals surface area contributed by atoms with Crippen LogP contribution in [-0.2, 0) is 6.61 Å². The molecule has 3 aromatic carbocycles. The van der Waals surface area contributed by atoms with E-state index >= 15 is 0 Å². The van der Waals surface area contributed by atoms with Gasteiger partial charge in [-0.2, -0.15) is 0 Å². The van der Waals surface area contributed by atoms with Crippen LogP contribution in [0, 0.1) is 0 Å². The van der Waals surface area contributed by atoms with Gasteiger partial charge in [-0.25, -0.2) is 0 Å². The molecule has 5 heteroatoms. The van der Waals surface area contributed by atoms with Crippen molar-refractivity contribution in [1.29, 1.82) is 0 Å². The molecule has 174 valence electrons. The lowest BCUT2D eigenvalue weighted by molar-refractivity contribution is 0.104. The molecule has 0 unspecified atom stereocenters. The number of carbonyl (C=O) groups excluding carboxylic acids is 1. The predicted octanol–water partition coefficient (Wildman–Crippen LogP) is 6.68. The van der Waals surface area contributed by atoms with Crippen molar-refractivity contribution < 1.29 is 19.4 Å². The molecular formula is C30H24O4S. The van der Waals surface area contributed by atoms with Gasteiger partial charge in [0.05, 0.1) is 25.7 Å². The van der Waals surface area contributed by atoms with Crippen molar-refractivity contribution in [2.75, 3.05) is 14.2 Å². The number of benzene rings is 3. The van der Waals surface area contributed by atoms with Crippen LogP contribution in [-0.4, -0.2) is 25.1 Å². The topological polar surface area (TPSA) is 55.8 Å². The fourth-order valence-corrected chi connectivity index (χ4v) is 5.44. The second kappa shape index (κ2) is 9.74. The first-order chi connectivity index (χ1) is 17.1. The average molecular weight is 481 g/mol. The number of aliphatic hydroxyl groups excluding tert-OH is 1. The Morgan fingerprint density at radius 3 is 2.43 bits per heavy atom. The van der Waals surface area contributed by atoms with E-state index in [0.717, 1.165) is 48.5 Å². The van der Waals surface area contributed by atoms with Crippen molar-refractivity contribution in [3.63, 3.8) is 0 Å². The molecule has 0 saturated heterocycles. The zero-order chi connectivity index (χ0) is 24.4. The van der Waals surface area contributed by atoms with Crippen LogP contribution < -0.4 is 9.47 Å². The van der Waals surface area contributed by atoms with Crippen LogP contribution in [0.3, 0.4) is 0 Å². The SMILES string of the molecule is COc1ccc(/C(=C\C=C2/C=Cc3c(sc4ccccc34)C2=O)c2ccc(OC)cc2CO)cc1. The van der Waals surface area contributed by atoms with Gasteiger partial charge >= 0.3 is 0 Å². The van der Waals surface area contributed by atoms with Gasteiger partial charge in [0.15, 0.2) is 0 Å². The molecule has 5 rings (SSSR count). The molecule has 0 radical (unpaired) electrons. The molecule has 35 heavy (non-hydrogen) atoms. The first-order valence-electron chi connectivity index (χ1n) is 11.2. The highest BCUT2D eigenvalue weighted by Gasteiger charge is 2.22. The van der Waals surface area contributed by atoms with E-state index in [4.69, 9.17) is 9.47 Å². The summed E-state index contributed by atoms with van der Waals surface area (Å²) < 4.78 is 11.8. The molecule has 0 fully saturated rings. The molecule has 1 heterocycles. The molecule has 4 aromatic rings. The second-order valence-electron chi connectivity index (χ2n) is 8.12. The lowest BCUT2D eigenvalue weighted by atomic mass is 9.92. The number of hydrogen-bond donors (Lipinski definition) is 1. The number of ketones is 1. The highest BCUT2D eigenvalue weighted by molar-refractivity contribution is 7.21. The number of aliphatic hydroxyl groups is 1. The largest absolute Gasteiger partial charge is 0.497 e. The summed E-state index contributed by atoms with van der Waals surface area (Å²) in [6, 6.07) is 21.5. The molecule has 0 bridgehead atoms. The first kappa shape index (κ1) is 22.8. The zero-order valence-electron chi connectivity index (χ0n) is 19.4. The van der Waals surface area contributed by atoms with Crippen LogP contribution >= 0.6 is 11.3 Å². The first-order valence-corrected chi connectivity index (χ1v) is 12.0. The summed E-state index contributed by atoms with van der Waals surface area (Å²) in [4.78, 5) is 14.1. The number of rotatable bonds is 6. The number of carbonyl (C=O) groups is 1. The van der Waals surface area contributed by atoms with Crippen molar-refractivity contribution in [1.82, 2.24) is 0 Å². The van der Waals surface area contributed by atoms with E-state index in [-0.39, 0.29) is 12.4 Å². The monoisotopic (exact) mass is 480 g/mol. The predicted molar refractivity (Wildman–Crippen MR) is 142 cm³/mol. The van der Waals surface area contributed by atoms with Gasteiger partial charge in [-0.05, 0) is 52.6 Å². The summed E-state index contributed by atoms with van der Waals surface area (Å²) in [6.07, 6.45) is 7.71. The average Bonchev–Trinajstić information content (AvgIpc) is 3.30. The number of allylic oxidation sites excluding steroid dienone is 4. The molecule has 1 aromatic heterocycles. The summed E-state index contributed by atoms with van der Waals surface area (Å²) >= 11 is 1.53. The quantitative estimate of drug-likeness (QED) is 0.313. The summed E-state index contributed by atoms with van der Waals surface area (Å²) in [6.45, 7) is -0.138. The number of Topliss-reactive ketones (excluding diaryl/α,β-unsaturated/α-hetero) is 1. The fraction of sp³-hybridized carbons (Fsp3) is 0.100. The molecule has 0 amide bonds. The molecule has 0 aliphatic heterocycles. The second-order valence-corrected chi connectivity index (χ2v) is 9.17. The maximum atomic E-state index is 13.4. The Bertz CT molecular complexity index is 1500. The van der Waals surface area contributed by atoms with Crippen molar-refractivity contribution >= 4 is 38.9 Å². The minimum atomic E-state index is -0.138. The van der Waals surface area contributed by atoms with Crippen LogP contribution in [0.2, 0.25) is 0 Å². The van der Waals surface area contributed by atoms with E-state index in [1.807, 2.05) is 85.0 Å². The van der Waals surface area contributed by atoms with Crippen molar-refractivity contribution in [3.8, 4) is 11.5 Å². The maximum Gasteiger partial charge on any atom is 0.203 e. The summed E-state index contributed by atoms with van der Waals surface area (Å²) in [5.74, 6) is 1.45. The van der Waals surface area contributed by atoms with E-state index < -0.39 is 0 Å². The van der Waals surface area contributed by atoms with Gasteiger partial charge < -0.3 is 14.6 Å². The van der Waals surface area contributed by atoms with Gasteiger partial charge in [-0.1, -0.05) is 60.7 Å². The Morgan fingerprint density at radius 1 is 0.943 bits per heavy atom. The molecule has 1 N–H and O–H groups in total. The Balaban J connectivity index is 1.61. The van der Waals surface area contributed by atoms with Gasteiger partial charge in [0, 0.05) is 21.2 Å². The van der Waals surface area contributed by atoms with Crippen LogP contribution in [0.15, 0.2) is 90.5 Å². The third-order valence-corrected chi connectivity index (χ3v) is 7.32. The van der Waals surface area contributed by atoms with Crippen LogP contribution in [0.25, 0.3) is 21.7 Å². The minimum Gasteiger partial charge on any atom is -0.497 e. The van der Waals surface area contributed by atoms with Gasteiger partial charge in [-0.15, -0.1) is 11.3 Å². The van der Waals surface area contributed by atoms with Gasteiger partial charge in [0.1, 0.15) is 11.5 Å². The lowest BCUT2D eigenvalue weighted by Gasteiger charge is -2.14. The van der Waals surface area contributed by atoms with Crippen molar-refractivity contribution in [2.45, 2.75) is 6.61 Å². The van der Waals surface area contributed by atoms with E-state index in [2.05, 4.69) is 6.07 Å². The fourth-order valence-electron chi connectivity index (χ4n) is 4.29. The van der Waals surface area contributed by atoms with Gasteiger partial charge in [0.25, 0.3) is 0 Å². The number of thiophene rings is 1. The number of ether oxygens (including phenoxy) is 2. The molecule has 0 atom stereocenters. The van der Waals surface area contributed by atoms with Gasteiger partial charge in [-0.3, -0.25) is 4.79 Å². The van der Waals surface area contributed by atoms with E-state index in [0.29, 0.717) is 11.3 Å². The highest BCUT2D eigenvalue weighted by atomic mass is 32.1.